The van der Waals surface area contributed by atoms with Crippen molar-refractivity contribution in [2.45, 2.75) is 31.0 Å². The second-order valence-electron chi connectivity index (χ2n) is 7.40. The highest BCUT2D eigenvalue weighted by Crippen LogP contribution is 2.39. The van der Waals surface area contributed by atoms with Gasteiger partial charge in [0.1, 0.15) is 30.0 Å². The van der Waals surface area contributed by atoms with E-state index in [1.54, 1.807) is 54.2 Å². The molecule has 1 aromatic heterocycles. The lowest BCUT2D eigenvalue weighted by Gasteiger charge is -2.39. The van der Waals surface area contributed by atoms with E-state index in [1.807, 2.05) is 19.9 Å². The monoisotopic (exact) mass is 414 g/mol. The Kier molecular flexibility index (Phi) is 4.70. The van der Waals surface area contributed by atoms with Gasteiger partial charge in [-0.15, -0.1) is 0 Å². The van der Waals surface area contributed by atoms with Gasteiger partial charge in [-0.2, -0.15) is 5.10 Å². The maximum Gasteiger partial charge on any atom is 0.264 e. The molecular formula is C20H22N4O4S. The van der Waals surface area contributed by atoms with Gasteiger partial charge in [0.25, 0.3) is 10.0 Å². The fourth-order valence-corrected chi connectivity index (χ4v) is 4.78. The van der Waals surface area contributed by atoms with Crippen molar-refractivity contribution >= 4 is 15.7 Å². The van der Waals surface area contributed by atoms with E-state index in [0.717, 1.165) is 0 Å². The van der Waals surface area contributed by atoms with Gasteiger partial charge >= 0.3 is 0 Å². The van der Waals surface area contributed by atoms with Crippen molar-refractivity contribution in [2.24, 2.45) is 7.05 Å². The van der Waals surface area contributed by atoms with Crippen molar-refractivity contribution in [1.82, 2.24) is 14.8 Å². The van der Waals surface area contributed by atoms with E-state index in [1.165, 1.54) is 10.6 Å². The Bertz CT molecular complexity index is 1120. The lowest BCUT2D eigenvalue weighted by atomic mass is 10.1. The molecule has 29 heavy (non-hydrogen) atoms. The molecule has 0 bridgehead atoms. The molecule has 1 aliphatic rings. The zero-order valence-electron chi connectivity index (χ0n) is 16.4. The van der Waals surface area contributed by atoms with Crippen molar-refractivity contribution in [3.8, 4) is 11.5 Å². The van der Waals surface area contributed by atoms with Gasteiger partial charge in [0.2, 0.25) is 0 Å². The molecule has 2 aromatic carbocycles. The minimum atomic E-state index is -3.76. The molecule has 0 saturated carbocycles. The summed E-state index contributed by atoms with van der Waals surface area (Å²) in [5.74, 6) is 1.78. The van der Waals surface area contributed by atoms with Crippen LogP contribution in [-0.2, 0) is 23.7 Å². The van der Waals surface area contributed by atoms with Crippen molar-refractivity contribution in [1.29, 1.82) is 0 Å². The molecule has 0 unspecified atom stereocenters. The lowest BCUT2D eigenvalue weighted by molar-refractivity contribution is 0.110. The first-order chi connectivity index (χ1) is 13.8. The molecule has 0 aliphatic carbocycles. The summed E-state index contributed by atoms with van der Waals surface area (Å²) in [4.78, 5) is 4.29. The average molecular weight is 414 g/mol. The Morgan fingerprint density at radius 1 is 1.14 bits per heavy atom. The van der Waals surface area contributed by atoms with E-state index >= 15 is 0 Å². The van der Waals surface area contributed by atoms with Crippen molar-refractivity contribution < 1.29 is 17.9 Å². The number of nitrogens with zero attached hydrogens (tertiary/aromatic N) is 4. The molecule has 9 heteroatoms. The number of hydrogen-bond donors (Lipinski definition) is 0. The number of sulfonamides is 1. The van der Waals surface area contributed by atoms with Crippen LogP contribution in [0.4, 0.5) is 5.69 Å². The van der Waals surface area contributed by atoms with Crippen molar-refractivity contribution in [3.63, 3.8) is 0 Å². The van der Waals surface area contributed by atoms with Gasteiger partial charge in [-0.05, 0) is 50.2 Å². The van der Waals surface area contributed by atoms with Crippen LogP contribution >= 0.6 is 0 Å². The SMILES string of the molecule is Cn1ncnc1COc1ccc(S(=O)(=O)N2CC(C)(C)Oc3ccccc32)cc1. The number of aromatic nitrogens is 3. The van der Waals surface area contributed by atoms with Gasteiger partial charge in [-0.1, -0.05) is 12.1 Å². The maximum absolute atomic E-state index is 13.3. The van der Waals surface area contributed by atoms with Crippen LogP contribution in [0.3, 0.4) is 0 Å². The van der Waals surface area contributed by atoms with Crippen LogP contribution < -0.4 is 13.8 Å². The normalized spacial score (nSPS) is 15.5. The molecule has 2 heterocycles. The fourth-order valence-electron chi connectivity index (χ4n) is 3.16. The molecule has 0 saturated heterocycles. The van der Waals surface area contributed by atoms with Gasteiger partial charge in [0.15, 0.2) is 5.82 Å². The number of ether oxygens (including phenoxy) is 2. The van der Waals surface area contributed by atoms with Crippen LogP contribution in [-0.4, -0.2) is 35.3 Å². The molecule has 8 nitrogen and oxygen atoms in total. The van der Waals surface area contributed by atoms with Gasteiger partial charge in [0.05, 0.1) is 17.1 Å². The molecular weight excluding hydrogens is 392 g/mol. The van der Waals surface area contributed by atoms with Gasteiger partial charge in [-0.25, -0.2) is 13.4 Å². The van der Waals surface area contributed by atoms with E-state index in [2.05, 4.69) is 10.1 Å². The molecule has 0 radical (unpaired) electrons. The zero-order chi connectivity index (χ0) is 20.6. The number of rotatable bonds is 5. The number of para-hydroxylation sites is 2. The molecule has 0 spiro atoms. The Balaban J connectivity index is 1.58. The summed E-state index contributed by atoms with van der Waals surface area (Å²) in [7, 11) is -1.98. The summed E-state index contributed by atoms with van der Waals surface area (Å²) < 4.78 is 41.3. The molecule has 0 atom stereocenters. The van der Waals surface area contributed by atoms with Crippen molar-refractivity contribution in [3.05, 3.63) is 60.7 Å². The van der Waals surface area contributed by atoms with E-state index < -0.39 is 15.6 Å². The van der Waals surface area contributed by atoms with Gasteiger partial charge in [-0.3, -0.25) is 8.99 Å². The highest BCUT2D eigenvalue weighted by Gasteiger charge is 2.38. The second-order valence-corrected chi connectivity index (χ2v) is 9.26. The summed E-state index contributed by atoms with van der Waals surface area (Å²) in [5, 5.41) is 3.99. The Hall–Kier alpha value is -3.07. The van der Waals surface area contributed by atoms with Crippen LogP contribution in [0.5, 0.6) is 11.5 Å². The van der Waals surface area contributed by atoms with Crippen LogP contribution in [0.2, 0.25) is 0 Å². The molecule has 1 aliphatic heterocycles. The Morgan fingerprint density at radius 3 is 2.55 bits per heavy atom. The third-order valence-electron chi connectivity index (χ3n) is 4.63. The molecule has 0 fully saturated rings. The summed E-state index contributed by atoms with van der Waals surface area (Å²) in [6, 6.07) is 13.5. The van der Waals surface area contributed by atoms with E-state index in [-0.39, 0.29) is 18.0 Å². The van der Waals surface area contributed by atoms with Crippen LogP contribution in [0, 0.1) is 0 Å². The number of aryl methyl sites for hydroxylation is 1. The van der Waals surface area contributed by atoms with Gasteiger partial charge in [0, 0.05) is 7.05 Å². The molecule has 0 amide bonds. The predicted octanol–water partition coefficient (Wildman–Crippen LogP) is 2.76. The van der Waals surface area contributed by atoms with Crippen LogP contribution in [0.1, 0.15) is 19.7 Å². The van der Waals surface area contributed by atoms with E-state index in [0.29, 0.717) is 23.0 Å². The van der Waals surface area contributed by atoms with Crippen LogP contribution in [0.25, 0.3) is 0 Å². The standard InChI is InChI=1S/C20H22N4O4S/c1-20(2)13-24(17-6-4-5-7-18(17)28-20)29(25,26)16-10-8-15(9-11-16)27-12-19-21-14-22-23(19)3/h4-11,14H,12-13H2,1-3H3. The molecule has 152 valence electrons. The molecule has 3 aromatic rings. The number of anilines is 1. The zero-order valence-corrected chi connectivity index (χ0v) is 17.3. The topological polar surface area (TPSA) is 86.5 Å². The summed E-state index contributed by atoms with van der Waals surface area (Å²) >= 11 is 0. The predicted molar refractivity (Wildman–Crippen MR) is 107 cm³/mol. The van der Waals surface area contributed by atoms with Crippen molar-refractivity contribution in [2.75, 3.05) is 10.8 Å². The maximum atomic E-state index is 13.3. The first kappa shape index (κ1) is 19.3. The Morgan fingerprint density at radius 2 is 1.86 bits per heavy atom. The summed E-state index contributed by atoms with van der Waals surface area (Å²) in [6.45, 7) is 4.20. The minimum absolute atomic E-state index is 0.191. The third kappa shape index (κ3) is 3.77. The molecule has 0 N–H and O–H groups in total. The quantitative estimate of drug-likeness (QED) is 0.638. The first-order valence-electron chi connectivity index (χ1n) is 9.13. The average Bonchev–Trinajstić information content (AvgIpc) is 3.10. The van der Waals surface area contributed by atoms with Crippen LogP contribution in [0.15, 0.2) is 59.8 Å². The van der Waals surface area contributed by atoms with E-state index in [4.69, 9.17) is 9.47 Å². The summed E-state index contributed by atoms with van der Waals surface area (Å²) in [6.07, 6.45) is 1.45. The smallest absolute Gasteiger partial charge is 0.264 e. The number of fused-ring (bicyclic) bond motifs is 1. The minimum Gasteiger partial charge on any atom is -0.486 e. The third-order valence-corrected chi connectivity index (χ3v) is 6.40. The van der Waals surface area contributed by atoms with Gasteiger partial charge < -0.3 is 9.47 Å². The lowest BCUT2D eigenvalue weighted by Crippen LogP contribution is -2.49. The first-order valence-corrected chi connectivity index (χ1v) is 10.6. The molecule has 4 rings (SSSR count). The summed E-state index contributed by atoms with van der Waals surface area (Å²) in [5.41, 5.74) is -0.102. The fraction of sp³-hybridized carbons (Fsp3) is 0.300. The highest BCUT2D eigenvalue weighted by molar-refractivity contribution is 7.92. The number of hydrogen-bond acceptors (Lipinski definition) is 6. The number of benzene rings is 2. The Labute approximate surface area is 169 Å². The highest BCUT2D eigenvalue weighted by atomic mass is 32.2. The second kappa shape index (κ2) is 7.07. The largest absolute Gasteiger partial charge is 0.486 e. The van der Waals surface area contributed by atoms with E-state index in [9.17, 15) is 8.42 Å².